The van der Waals surface area contributed by atoms with Crippen LogP contribution in [0, 0.1) is 0 Å². The Hall–Kier alpha value is 0.991. The molecule has 0 saturated carbocycles. The molecule has 0 aliphatic heterocycles. The van der Waals surface area contributed by atoms with Crippen LogP contribution in [0.2, 0.25) is 0 Å². The molecule has 0 aliphatic rings. The van der Waals surface area contributed by atoms with E-state index in [-0.39, 0.29) is 57.4 Å². The molecular weight excluding hydrogens is 222 g/mol. The number of hydrogen-bond acceptors (Lipinski definition) is 2. The summed E-state index contributed by atoms with van der Waals surface area (Å²) in [4.78, 5) is 9.80. The van der Waals surface area contributed by atoms with Gasteiger partial charge >= 0.3 is 63.8 Å². The fourth-order valence-corrected chi connectivity index (χ4v) is 0.386. The van der Waals surface area contributed by atoms with Gasteiger partial charge < -0.3 is 17.7 Å². The molecule has 0 fully saturated rings. The second-order valence-corrected chi connectivity index (χ2v) is 1.91. The van der Waals surface area contributed by atoms with Crippen molar-refractivity contribution in [1.29, 1.82) is 0 Å². The van der Waals surface area contributed by atoms with E-state index < -0.39 is 19.0 Å². The third-order valence-corrected chi connectivity index (χ3v) is 0.756. The van der Waals surface area contributed by atoms with Gasteiger partial charge in [0.05, 0.1) is 0 Å². The Balaban J connectivity index is 0. The van der Waals surface area contributed by atoms with E-state index in [0.717, 1.165) is 0 Å². The Morgan fingerprint density at radius 1 is 1.50 bits per heavy atom. The Kier molecular flexibility index (Phi) is 9.54. The number of carbonyl (C=O) groups is 1. The first-order valence-corrected chi connectivity index (χ1v) is 2.99. The molecule has 0 unspecified atom stereocenters. The molecule has 0 aromatic heterocycles. The standard InChI is InChI=1S/C4H4BClF3O2.K/c6-4(10)11-3-1-2-5(7,8)9;/h1-2H,3H2;/q-1;+1/b2-1+;. The summed E-state index contributed by atoms with van der Waals surface area (Å²) in [6.45, 7) is -5.40. The van der Waals surface area contributed by atoms with Gasteiger partial charge in [0.25, 0.3) is 0 Å². The van der Waals surface area contributed by atoms with Gasteiger partial charge in [0, 0.05) is 11.6 Å². The largest absolute Gasteiger partial charge is 1.00 e. The van der Waals surface area contributed by atoms with E-state index in [1.807, 2.05) is 0 Å². The predicted octanol–water partition coefficient (Wildman–Crippen LogP) is -0.691. The van der Waals surface area contributed by atoms with Crippen LogP contribution in [0.15, 0.2) is 12.1 Å². The van der Waals surface area contributed by atoms with Crippen molar-refractivity contribution in [2.24, 2.45) is 0 Å². The zero-order chi connectivity index (χ0) is 8.91. The minimum absolute atomic E-state index is 0. The normalized spacial score (nSPS) is 11.0. The van der Waals surface area contributed by atoms with E-state index in [4.69, 9.17) is 0 Å². The number of carbonyl (C=O) groups excluding carboxylic acids is 1. The topological polar surface area (TPSA) is 26.3 Å². The molecule has 0 amide bonds. The van der Waals surface area contributed by atoms with Gasteiger partial charge in [0.2, 0.25) is 0 Å². The van der Waals surface area contributed by atoms with Crippen molar-refractivity contribution in [3.8, 4) is 0 Å². The van der Waals surface area contributed by atoms with Crippen LogP contribution in [0.3, 0.4) is 0 Å². The summed E-state index contributed by atoms with van der Waals surface area (Å²) in [7, 11) is 0. The number of halogens is 4. The quantitative estimate of drug-likeness (QED) is 0.470. The molecule has 0 radical (unpaired) electrons. The maximum atomic E-state index is 11.4. The van der Waals surface area contributed by atoms with Gasteiger partial charge in [-0.25, -0.2) is 4.79 Å². The Labute approximate surface area is 115 Å². The summed E-state index contributed by atoms with van der Waals surface area (Å²) >= 11 is 4.66. The van der Waals surface area contributed by atoms with Crippen molar-refractivity contribution in [1.82, 2.24) is 0 Å². The number of ether oxygens (including phenoxy) is 1. The third-order valence-electron chi connectivity index (χ3n) is 0.647. The molecule has 0 heterocycles. The number of rotatable bonds is 3. The molecule has 0 spiro atoms. The molecule has 12 heavy (non-hydrogen) atoms. The van der Waals surface area contributed by atoms with Crippen molar-refractivity contribution in [2.75, 3.05) is 6.61 Å². The van der Waals surface area contributed by atoms with Crippen molar-refractivity contribution in [3.63, 3.8) is 0 Å². The van der Waals surface area contributed by atoms with E-state index in [0.29, 0.717) is 6.08 Å². The molecule has 64 valence electrons. The minimum Gasteiger partial charge on any atom is -0.450 e. The molecule has 0 atom stereocenters. The Morgan fingerprint density at radius 3 is 2.33 bits per heavy atom. The second-order valence-electron chi connectivity index (χ2n) is 1.60. The van der Waals surface area contributed by atoms with Gasteiger partial charge in [-0.15, -0.1) is 5.98 Å². The van der Waals surface area contributed by atoms with Crippen molar-refractivity contribution in [2.45, 2.75) is 0 Å². The van der Waals surface area contributed by atoms with Gasteiger partial charge in [-0.3, -0.25) is 0 Å². The first kappa shape index (κ1) is 15.5. The molecule has 0 N–H and O–H groups in total. The van der Waals surface area contributed by atoms with Crippen LogP contribution in [-0.4, -0.2) is 19.0 Å². The van der Waals surface area contributed by atoms with Crippen LogP contribution >= 0.6 is 11.6 Å². The molecule has 0 bridgehead atoms. The maximum Gasteiger partial charge on any atom is 1.00 e. The molecular formula is C4H4BClF3KO2. The smallest absolute Gasteiger partial charge is 0.450 e. The summed E-state index contributed by atoms with van der Waals surface area (Å²) in [5.74, 6) is 0.0276. The van der Waals surface area contributed by atoms with Crippen molar-refractivity contribution in [3.05, 3.63) is 12.1 Å². The Morgan fingerprint density at radius 2 is 2.00 bits per heavy atom. The predicted molar refractivity (Wildman–Crippen MR) is 35.4 cm³/mol. The van der Waals surface area contributed by atoms with E-state index in [1.165, 1.54) is 0 Å². The summed E-state index contributed by atoms with van der Waals surface area (Å²) < 4.78 is 38.1. The van der Waals surface area contributed by atoms with E-state index in [9.17, 15) is 17.7 Å². The minimum atomic E-state index is -4.95. The van der Waals surface area contributed by atoms with Crippen LogP contribution < -0.4 is 51.4 Å². The fourth-order valence-electron chi connectivity index (χ4n) is 0.323. The molecule has 0 saturated heterocycles. The summed E-state index contributed by atoms with van der Waals surface area (Å²) in [5.41, 5.74) is -1.12. The van der Waals surface area contributed by atoms with Crippen LogP contribution in [0.4, 0.5) is 17.7 Å². The molecule has 0 rings (SSSR count). The van der Waals surface area contributed by atoms with Crippen LogP contribution in [0.25, 0.3) is 0 Å². The molecule has 2 nitrogen and oxygen atoms in total. The molecule has 0 aromatic carbocycles. The first-order valence-electron chi connectivity index (χ1n) is 2.62. The second kappa shape index (κ2) is 7.40. The maximum absolute atomic E-state index is 11.4. The van der Waals surface area contributed by atoms with Crippen LogP contribution in [-0.2, 0) is 4.74 Å². The van der Waals surface area contributed by atoms with E-state index >= 15 is 0 Å². The van der Waals surface area contributed by atoms with Gasteiger partial charge in [0.15, 0.2) is 0 Å². The summed E-state index contributed by atoms with van der Waals surface area (Å²) in [6, 6.07) is 0. The van der Waals surface area contributed by atoms with Gasteiger partial charge in [0.1, 0.15) is 6.61 Å². The zero-order valence-electron chi connectivity index (χ0n) is 6.27. The van der Waals surface area contributed by atoms with Crippen LogP contribution in [0.1, 0.15) is 0 Å². The van der Waals surface area contributed by atoms with Gasteiger partial charge in [-0.1, -0.05) is 6.08 Å². The Bertz CT molecular complexity index is 172. The summed E-state index contributed by atoms with van der Waals surface area (Å²) in [6.07, 6.45) is 0.681. The fraction of sp³-hybridized carbons (Fsp3) is 0.250. The first-order chi connectivity index (χ1) is 4.92. The van der Waals surface area contributed by atoms with Crippen LogP contribution in [0.5, 0.6) is 0 Å². The summed E-state index contributed by atoms with van der Waals surface area (Å²) in [5, 5.41) is 0. The number of hydrogen-bond donors (Lipinski definition) is 0. The van der Waals surface area contributed by atoms with Crippen molar-refractivity contribution >= 4 is 24.0 Å². The van der Waals surface area contributed by atoms with E-state index in [1.54, 1.807) is 0 Å². The average molecular weight is 226 g/mol. The van der Waals surface area contributed by atoms with Crippen molar-refractivity contribution < 1.29 is 73.9 Å². The molecule has 0 aliphatic carbocycles. The van der Waals surface area contributed by atoms with Gasteiger partial charge in [-0.2, -0.15) is 0 Å². The monoisotopic (exact) mass is 226 g/mol. The van der Waals surface area contributed by atoms with Gasteiger partial charge in [-0.05, 0) is 0 Å². The average Bonchev–Trinajstić information content (AvgIpc) is 1.78. The molecule has 0 aromatic rings. The van der Waals surface area contributed by atoms with E-state index in [2.05, 4.69) is 16.3 Å². The zero-order valence-corrected chi connectivity index (χ0v) is 10.1. The third kappa shape index (κ3) is 13.6. The SMILES string of the molecule is O=C(Cl)OC/C=C/[B-](F)(F)F.[K+]. The molecule has 8 heteroatoms.